The number of aromatic nitrogens is 1. The number of rotatable bonds is 6. The second-order valence-electron chi connectivity index (χ2n) is 6.95. The number of hydrogen-bond donors (Lipinski definition) is 3. The first kappa shape index (κ1) is 20.9. The van der Waals surface area contributed by atoms with Gasteiger partial charge in [-0.25, -0.2) is 14.6 Å². The molecule has 3 N–H and O–H groups in total. The van der Waals surface area contributed by atoms with Crippen LogP contribution in [-0.4, -0.2) is 43.9 Å². The highest BCUT2D eigenvalue weighted by Gasteiger charge is 2.16. The van der Waals surface area contributed by atoms with Crippen molar-refractivity contribution in [1.29, 1.82) is 0 Å². The van der Waals surface area contributed by atoms with Crippen molar-refractivity contribution in [2.24, 2.45) is 0 Å². The molecule has 0 atom stereocenters. The summed E-state index contributed by atoms with van der Waals surface area (Å²) >= 11 is 1.38. The zero-order chi connectivity index (χ0) is 20.6. The van der Waals surface area contributed by atoms with E-state index in [2.05, 4.69) is 43.6 Å². The highest BCUT2D eigenvalue weighted by Crippen LogP contribution is 2.30. The SMILES string of the molecule is COC(=O)NCCc1cnc(NC(=O)Nc2ccc(C)cc2N2CCCCC2)s1. The zero-order valence-corrected chi connectivity index (χ0v) is 17.6. The maximum Gasteiger partial charge on any atom is 0.406 e. The molecule has 1 fully saturated rings. The number of urea groups is 1. The van der Waals surface area contributed by atoms with Crippen molar-refractivity contribution in [2.45, 2.75) is 32.6 Å². The third kappa shape index (κ3) is 6.08. The standard InChI is InChI=1S/C20H27N5O3S/c1-14-6-7-16(17(12-14)25-10-4-3-5-11-25)23-18(26)24-19-22-13-15(29-19)8-9-21-20(27)28-2/h6-7,12-13H,3-5,8-11H2,1-2H3,(H,21,27)(H2,22,23,24,26). The number of nitrogens with one attached hydrogen (secondary N) is 3. The molecule has 1 aliphatic heterocycles. The van der Waals surface area contributed by atoms with Gasteiger partial charge < -0.3 is 20.3 Å². The molecular weight excluding hydrogens is 390 g/mol. The molecule has 0 bridgehead atoms. The summed E-state index contributed by atoms with van der Waals surface area (Å²) in [6.45, 7) is 4.52. The number of methoxy groups -OCH3 is 1. The van der Waals surface area contributed by atoms with Gasteiger partial charge in [-0.05, 0) is 43.9 Å². The van der Waals surface area contributed by atoms with Gasteiger partial charge in [-0.1, -0.05) is 6.07 Å². The van der Waals surface area contributed by atoms with Crippen molar-refractivity contribution in [3.05, 3.63) is 34.8 Å². The van der Waals surface area contributed by atoms with Crippen LogP contribution in [0.5, 0.6) is 0 Å². The third-order valence-electron chi connectivity index (χ3n) is 4.70. The molecule has 0 spiro atoms. The maximum atomic E-state index is 12.5. The second kappa shape index (κ2) is 10.1. The van der Waals surface area contributed by atoms with Crippen LogP contribution in [0.2, 0.25) is 0 Å². The van der Waals surface area contributed by atoms with Crippen LogP contribution in [0.1, 0.15) is 29.7 Å². The number of amides is 3. The van der Waals surface area contributed by atoms with Gasteiger partial charge in [-0.15, -0.1) is 11.3 Å². The number of ether oxygens (including phenoxy) is 1. The minimum Gasteiger partial charge on any atom is -0.453 e. The van der Waals surface area contributed by atoms with E-state index in [-0.39, 0.29) is 6.03 Å². The molecule has 1 saturated heterocycles. The molecular formula is C20H27N5O3S. The van der Waals surface area contributed by atoms with Gasteiger partial charge in [0, 0.05) is 37.1 Å². The van der Waals surface area contributed by atoms with Crippen molar-refractivity contribution >= 4 is 40.0 Å². The molecule has 156 valence electrons. The molecule has 2 heterocycles. The van der Waals surface area contributed by atoms with Gasteiger partial charge in [0.1, 0.15) is 0 Å². The minimum absolute atomic E-state index is 0.319. The third-order valence-corrected chi connectivity index (χ3v) is 5.67. The second-order valence-corrected chi connectivity index (χ2v) is 8.06. The number of aryl methyl sites for hydroxylation is 1. The van der Waals surface area contributed by atoms with E-state index in [1.807, 2.05) is 12.1 Å². The maximum absolute atomic E-state index is 12.5. The molecule has 0 radical (unpaired) electrons. The number of piperidine rings is 1. The van der Waals surface area contributed by atoms with E-state index < -0.39 is 6.09 Å². The van der Waals surface area contributed by atoms with Crippen molar-refractivity contribution in [2.75, 3.05) is 42.3 Å². The van der Waals surface area contributed by atoms with E-state index in [4.69, 9.17) is 0 Å². The van der Waals surface area contributed by atoms with E-state index in [9.17, 15) is 9.59 Å². The van der Waals surface area contributed by atoms with Gasteiger partial charge in [-0.2, -0.15) is 0 Å². The lowest BCUT2D eigenvalue weighted by atomic mass is 10.1. The Morgan fingerprint density at radius 1 is 1.21 bits per heavy atom. The molecule has 3 amide bonds. The van der Waals surface area contributed by atoms with Crippen molar-refractivity contribution < 1.29 is 14.3 Å². The minimum atomic E-state index is -0.463. The van der Waals surface area contributed by atoms with Crippen LogP contribution < -0.4 is 20.9 Å². The molecule has 3 rings (SSSR count). The number of alkyl carbamates (subject to hydrolysis) is 1. The number of carbonyl (C=O) groups excluding carboxylic acids is 2. The van der Waals surface area contributed by atoms with Gasteiger partial charge in [-0.3, -0.25) is 5.32 Å². The monoisotopic (exact) mass is 417 g/mol. The first-order valence-corrected chi connectivity index (χ1v) is 10.6. The number of nitrogens with zero attached hydrogens (tertiary/aromatic N) is 2. The van der Waals surface area contributed by atoms with Crippen LogP contribution in [0, 0.1) is 6.92 Å². The summed E-state index contributed by atoms with van der Waals surface area (Å²) in [7, 11) is 1.33. The van der Waals surface area contributed by atoms with Crippen LogP contribution >= 0.6 is 11.3 Å². The quantitative estimate of drug-likeness (QED) is 0.661. The van der Waals surface area contributed by atoms with Crippen molar-refractivity contribution in [3.8, 4) is 0 Å². The Morgan fingerprint density at radius 2 is 2.00 bits per heavy atom. The molecule has 2 aromatic rings. The van der Waals surface area contributed by atoms with Crippen molar-refractivity contribution in [3.63, 3.8) is 0 Å². The molecule has 8 nitrogen and oxygen atoms in total. The Balaban J connectivity index is 1.58. The Kier molecular flexibility index (Phi) is 7.29. The van der Waals surface area contributed by atoms with E-state index in [1.165, 1.54) is 43.3 Å². The van der Waals surface area contributed by atoms with E-state index >= 15 is 0 Å². The Bertz CT molecular complexity index is 848. The average Bonchev–Trinajstić information content (AvgIpc) is 3.16. The lowest BCUT2D eigenvalue weighted by Crippen LogP contribution is -2.31. The first-order valence-electron chi connectivity index (χ1n) is 9.75. The molecule has 29 heavy (non-hydrogen) atoms. The van der Waals surface area contributed by atoms with Crippen LogP contribution in [0.25, 0.3) is 0 Å². The summed E-state index contributed by atoms with van der Waals surface area (Å²) in [4.78, 5) is 31.1. The molecule has 1 aromatic carbocycles. The highest BCUT2D eigenvalue weighted by molar-refractivity contribution is 7.15. The summed E-state index contributed by atoms with van der Waals surface area (Å²) < 4.78 is 4.53. The van der Waals surface area contributed by atoms with Crippen molar-refractivity contribution in [1.82, 2.24) is 10.3 Å². The van der Waals surface area contributed by atoms with Gasteiger partial charge in [0.2, 0.25) is 0 Å². The molecule has 1 aromatic heterocycles. The molecule has 9 heteroatoms. The lowest BCUT2D eigenvalue weighted by Gasteiger charge is -2.30. The van der Waals surface area contributed by atoms with Gasteiger partial charge in [0.25, 0.3) is 0 Å². The number of hydrogen-bond acceptors (Lipinski definition) is 6. The summed E-state index contributed by atoms with van der Waals surface area (Å²) in [5.74, 6) is 0. The normalized spacial score (nSPS) is 13.7. The van der Waals surface area contributed by atoms with E-state index in [0.717, 1.165) is 29.3 Å². The molecule has 0 aliphatic carbocycles. The number of carbonyl (C=O) groups is 2. The predicted molar refractivity (Wildman–Crippen MR) is 116 cm³/mol. The number of anilines is 3. The zero-order valence-electron chi connectivity index (χ0n) is 16.8. The Labute approximate surface area is 174 Å². The summed E-state index contributed by atoms with van der Waals surface area (Å²) in [5, 5.41) is 8.89. The van der Waals surface area contributed by atoms with Crippen LogP contribution in [0.3, 0.4) is 0 Å². The topological polar surface area (TPSA) is 95.6 Å². The smallest absolute Gasteiger partial charge is 0.406 e. The largest absolute Gasteiger partial charge is 0.453 e. The van der Waals surface area contributed by atoms with E-state index in [1.54, 1.807) is 6.20 Å². The Morgan fingerprint density at radius 3 is 2.76 bits per heavy atom. The summed E-state index contributed by atoms with van der Waals surface area (Å²) in [5.41, 5.74) is 3.03. The fraction of sp³-hybridized carbons (Fsp3) is 0.450. The highest BCUT2D eigenvalue weighted by atomic mass is 32.1. The first-order chi connectivity index (χ1) is 14.0. The number of benzene rings is 1. The van der Waals surface area contributed by atoms with Crippen LogP contribution in [0.4, 0.5) is 26.1 Å². The lowest BCUT2D eigenvalue weighted by molar-refractivity contribution is 0.171. The Hall–Kier alpha value is -2.81. The van der Waals surface area contributed by atoms with Crippen LogP contribution in [-0.2, 0) is 11.2 Å². The average molecular weight is 418 g/mol. The molecule has 0 unspecified atom stereocenters. The fourth-order valence-electron chi connectivity index (χ4n) is 3.24. The predicted octanol–water partition coefficient (Wildman–Crippen LogP) is 3.98. The molecule has 1 aliphatic rings. The van der Waals surface area contributed by atoms with Gasteiger partial charge in [0.05, 0.1) is 18.5 Å². The summed E-state index contributed by atoms with van der Waals surface area (Å²) in [6.07, 6.45) is 5.46. The number of thiazole rings is 1. The fourth-order valence-corrected chi connectivity index (χ4v) is 4.04. The van der Waals surface area contributed by atoms with Crippen LogP contribution in [0.15, 0.2) is 24.4 Å². The van der Waals surface area contributed by atoms with Gasteiger partial charge in [0.15, 0.2) is 5.13 Å². The van der Waals surface area contributed by atoms with E-state index in [0.29, 0.717) is 18.1 Å². The molecule has 0 saturated carbocycles. The summed E-state index contributed by atoms with van der Waals surface area (Å²) in [6, 6.07) is 5.75. The van der Waals surface area contributed by atoms with Gasteiger partial charge >= 0.3 is 12.1 Å².